The van der Waals surface area contributed by atoms with Crippen LogP contribution in [0.25, 0.3) is 5.78 Å². The first-order valence-electron chi connectivity index (χ1n) is 8.72. The number of fused-ring (bicyclic) bond motifs is 1. The zero-order chi connectivity index (χ0) is 17.1. The first kappa shape index (κ1) is 17.1. The lowest BCUT2D eigenvalue weighted by Gasteiger charge is -2.36. The summed E-state index contributed by atoms with van der Waals surface area (Å²) >= 11 is 0. The van der Waals surface area contributed by atoms with E-state index in [1.165, 1.54) is 25.8 Å². The summed E-state index contributed by atoms with van der Waals surface area (Å²) in [6.45, 7) is 10.8. The molecule has 1 fully saturated rings. The van der Waals surface area contributed by atoms with Crippen molar-refractivity contribution in [3.8, 4) is 0 Å². The molecule has 7 nitrogen and oxygen atoms in total. The van der Waals surface area contributed by atoms with E-state index in [1.54, 1.807) is 11.6 Å². The lowest BCUT2D eigenvalue weighted by Crippen LogP contribution is -2.43. The van der Waals surface area contributed by atoms with Crippen LogP contribution >= 0.6 is 0 Å². The molecule has 3 unspecified atom stereocenters. The molecule has 0 spiro atoms. The molecule has 7 heteroatoms. The van der Waals surface area contributed by atoms with E-state index in [4.69, 9.17) is 4.74 Å². The number of hydrogen-bond acceptors (Lipinski definition) is 6. The summed E-state index contributed by atoms with van der Waals surface area (Å²) in [5.74, 6) is 3.06. The van der Waals surface area contributed by atoms with Crippen LogP contribution in [0.1, 0.15) is 32.9 Å². The standard InChI is InChI=1S/C17H28N6O/c1-12-5-13(2)8-22(7-12)9-14(3)20-16-6-15(10-24-4)21-17-18-11-19-23(16)17/h6,11-14,20H,5,7-10H2,1-4H3. The molecule has 0 bridgehead atoms. The summed E-state index contributed by atoms with van der Waals surface area (Å²) < 4.78 is 6.95. The van der Waals surface area contributed by atoms with Crippen LogP contribution < -0.4 is 5.32 Å². The van der Waals surface area contributed by atoms with Crippen molar-refractivity contribution < 1.29 is 4.74 Å². The number of aromatic nitrogens is 4. The molecule has 2 aromatic rings. The fourth-order valence-electron chi connectivity index (χ4n) is 3.81. The van der Waals surface area contributed by atoms with Gasteiger partial charge in [0.2, 0.25) is 0 Å². The predicted octanol–water partition coefficient (Wildman–Crippen LogP) is 2.05. The zero-order valence-electron chi connectivity index (χ0n) is 15.1. The van der Waals surface area contributed by atoms with Crippen LogP contribution in [0, 0.1) is 11.8 Å². The topological polar surface area (TPSA) is 67.6 Å². The molecule has 0 aromatic carbocycles. The summed E-state index contributed by atoms with van der Waals surface area (Å²) in [6, 6.07) is 2.30. The van der Waals surface area contributed by atoms with Gasteiger partial charge < -0.3 is 15.0 Å². The fraction of sp³-hybridized carbons (Fsp3) is 0.706. The van der Waals surface area contributed by atoms with Crippen molar-refractivity contribution in [2.45, 2.75) is 39.8 Å². The lowest BCUT2D eigenvalue weighted by atomic mass is 9.92. The summed E-state index contributed by atoms with van der Waals surface area (Å²) in [6.07, 6.45) is 2.87. The van der Waals surface area contributed by atoms with Gasteiger partial charge in [0, 0.05) is 38.9 Å². The number of rotatable bonds is 6. The third-order valence-corrected chi connectivity index (χ3v) is 4.47. The number of methoxy groups -OCH3 is 1. The van der Waals surface area contributed by atoms with Gasteiger partial charge in [0.1, 0.15) is 12.1 Å². The average molecular weight is 332 g/mol. The number of ether oxygens (including phenoxy) is 1. The SMILES string of the molecule is COCc1cc(NC(C)CN2CC(C)CC(C)C2)n2ncnc2n1. The Morgan fingerprint density at radius 1 is 1.33 bits per heavy atom. The van der Waals surface area contributed by atoms with Crippen LogP contribution in [0.3, 0.4) is 0 Å². The minimum atomic E-state index is 0.313. The number of anilines is 1. The van der Waals surface area contributed by atoms with Gasteiger partial charge in [-0.25, -0.2) is 4.98 Å². The van der Waals surface area contributed by atoms with E-state index < -0.39 is 0 Å². The van der Waals surface area contributed by atoms with E-state index in [-0.39, 0.29) is 0 Å². The minimum absolute atomic E-state index is 0.313. The van der Waals surface area contributed by atoms with Gasteiger partial charge in [-0.2, -0.15) is 14.6 Å². The Bertz CT molecular complexity index is 662. The van der Waals surface area contributed by atoms with E-state index >= 15 is 0 Å². The Morgan fingerprint density at radius 2 is 2.08 bits per heavy atom. The maximum absolute atomic E-state index is 5.20. The molecule has 1 N–H and O–H groups in total. The zero-order valence-corrected chi connectivity index (χ0v) is 15.1. The molecule has 3 rings (SSSR count). The van der Waals surface area contributed by atoms with Crippen molar-refractivity contribution in [1.82, 2.24) is 24.5 Å². The van der Waals surface area contributed by atoms with Crippen LogP contribution in [0.15, 0.2) is 12.4 Å². The average Bonchev–Trinajstić information content (AvgIpc) is 2.95. The van der Waals surface area contributed by atoms with E-state index in [9.17, 15) is 0 Å². The van der Waals surface area contributed by atoms with Gasteiger partial charge in [-0.05, 0) is 25.2 Å². The predicted molar refractivity (Wildman–Crippen MR) is 94.0 cm³/mol. The van der Waals surface area contributed by atoms with E-state index in [0.29, 0.717) is 18.4 Å². The smallest absolute Gasteiger partial charge is 0.254 e. The van der Waals surface area contributed by atoms with Gasteiger partial charge in [-0.3, -0.25) is 0 Å². The summed E-state index contributed by atoms with van der Waals surface area (Å²) in [5, 5.41) is 7.84. The molecule has 1 aliphatic rings. The Kier molecular flexibility index (Phi) is 5.30. The first-order chi connectivity index (χ1) is 11.5. The van der Waals surface area contributed by atoms with E-state index in [0.717, 1.165) is 29.9 Å². The molecule has 24 heavy (non-hydrogen) atoms. The quantitative estimate of drug-likeness (QED) is 0.873. The van der Waals surface area contributed by atoms with Crippen molar-refractivity contribution in [1.29, 1.82) is 0 Å². The van der Waals surface area contributed by atoms with Crippen molar-refractivity contribution in [2.24, 2.45) is 11.8 Å². The Balaban J connectivity index is 1.70. The molecule has 132 valence electrons. The van der Waals surface area contributed by atoms with Gasteiger partial charge in [0.15, 0.2) is 0 Å². The van der Waals surface area contributed by atoms with Gasteiger partial charge in [0.05, 0.1) is 12.3 Å². The third kappa shape index (κ3) is 4.02. The summed E-state index contributed by atoms with van der Waals surface area (Å²) in [5.41, 5.74) is 0.855. The van der Waals surface area contributed by atoms with Crippen molar-refractivity contribution >= 4 is 11.6 Å². The molecule has 0 amide bonds. The Hall–Kier alpha value is -1.73. The third-order valence-electron chi connectivity index (χ3n) is 4.47. The number of nitrogens with zero attached hydrogens (tertiary/aromatic N) is 5. The molecular weight excluding hydrogens is 304 g/mol. The Labute approximate surface area is 143 Å². The summed E-state index contributed by atoms with van der Waals surface area (Å²) in [4.78, 5) is 11.2. The highest BCUT2D eigenvalue weighted by molar-refractivity contribution is 5.45. The number of nitrogens with one attached hydrogen (secondary N) is 1. The summed E-state index contributed by atoms with van der Waals surface area (Å²) in [7, 11) is 1.67. The van der Waals surface area contributed by atoms with Crippen LogP contribution in [-0.4, -0.2) is 57.3 Å². The van der Waals surface area contributed by atoms with Crippen molar-refractivity contribution in [2.75, 3.05) is 32.1 Å². The molecule has 0 aliphatic carbocycles. The fourth-order valence-corrected chi connectivity index (χ4v) is 3.81. The van der Waals surface area contributed by atoms with Crippen molar-refractivity contribution in [3.05, 3.63) is 18.1 Å². The molecule has 1 saturated heterocycles. The largest absolute Gasteiger partial charge is 0.378 e. The van der Waals surface area contributed by atoms with E-state index in [2.05, 4.69) is 46.1 Å². The second-order valence-electron chi connectivity index (χ2n) is 7.25. The molecule has 0 radical (unpaired) electrons. The van der Waals surface area contributed by atoms with Gasteiger partial charge in [-0.15, -0.1) is 0 Å². The van der Waals surface area contributed by atoms with Crippen LogP contribution in [-0.2, 0) is 11.3 Å². The van der Waals surface area contributed by atoms with Crippen LogP contribution in [0.2, 0.25) is 0 Å². The molecule has 3 heterocycles. The van der Waals surface area contributed by atoms with Crippen LogP contribution in [0.4, 0.5) is 5.82 Å². The lowest BCUT2D eigenvalue weighted by molar-refractivity contribution is 0.138. The molecule has 1 aliphatic heterocycles. The highest BCUT2D eigenvalue weighted by Crippen LogP contribution is 2.21. The van der Waals surface area contributed by atoms with Gasteiger partial charge >= 0.3 is 0 Å². The minimum Gasteiger partial charge on any atom is -0.378 e. The molecule has 3 atom stereocenters. The van der Waals surface area contributed by atoms with Crippen molar-refractivity contribution in [3.63, 3.8) is 0 Å². The number of hydrogen-bond donors (Lipinski definition) is 1. The second kappa shape index (κ2) is 7.44. The molecule has 2 aromatic heterocycles. The molecule has 0 saturated carbocycles. The highest BCUT2D eigenvalue weighted by atomic mass is 16.5. The van der Waals surface area contributed by atoms with E-state index in [1.807, 2.05) is 6.07 Å². The monoisotopic (exact) mass is 332 g/mol. The Morgan fingerprint density at radius 3 is 2.79 bits per heavy atom. The highest BCUT2D eigenvalue weighted by Gasteiger charge is 2.23. The maximum Gasteiger partial charge on any atom is 0.254 e. The second-order valence-corrected chi connectivity index (χ2v) is 7.25. The number of likely N-dealkylation sites (tertiary alicyclic amines) is 1. The van der Waals surface area contributed by atoms with Gasteiger partial charge in [-0.1, -0.05) is 13.8 Å². The maximum atomic E-state index is 5.20. The van der Waals surface area contributed by atoms with Gasteiger partial charge in [0.25, 0.3) is 5.78 Å². The normalized spacial score (nSPS) is 23.5. The first-order valence-corrected chi connectivity index (χ1v) is 8.72. The number of piperidine rings is 1. The van der Waals surface area contributed by atoms with Crippen LogP contribution in [0.5, 0.6) is 0 Å². The molecular formula is C17H28N6O.